The van der Waals surface area contributed by atoms with Gasteiger partial charge in [0.1, 0.15) is 5.82 Å². The van der Waals surface area contributed by atoms with E-state index in [1.54, 1.807) is 14.0 Å². The number of anilines is 2. The van der Waals surface area contributed by atoms with Gasteiger partial charge < -0.3 is 10.6 Å². The van der Waals surface area contributed by atoms with Gasteiger partial charge in [-0.3, -0.25) is 9.89 Å². The number of H-pyrrole nitrogens is 1. The zero-order valence-electron chi connectivity index (χ0n) is 10.1. The summed E-state index contributed by atoms with van der Waals surface area (Å²) in [5, 5.41) is 6.51. The van der Waals surface area contributed by atoms with E-state index >= 15 is 0 Å². The number of nitrogens with one attached hydrogen (secondary N) is 1. The minimum Gasteiger partial charge on any atom is -0.395 e. The highest BCUT2D eigenvalue weighted by molar-refractivity contribution is 6.07. The van der Waals surface area contributed by atoms with E-state index in [4.69, 9.17) is 5.73 Å². The summed E-state index contributed by atoms with van der Waals surface area (Å²) < 4.78 is 12.8. The van der Waals surface area contributed by atoms with Crippen molar-refractivity contribution in [2.45, 2.75) is 6.92 Å². The summed E-state index contributed by atoms with van der Waals surface area (Å²) in [5.41, 5.74) is 7.45. The second-order valence-electron chi connectivity index (χ2n) is 3.95. The largest absolute Gasteiger partial charge is 0.395 e. The Morgan fingerprint density at radius 3 is 2.50 bits per heavy atom. The van der Waals surface area contributed by atoms with Gasteiger partial charge >= 0.3 is 0 Å². The van der Waals surface area contributed by atoms with Crippen LogP contribution >= 0.6 is 0 Å². The second kappa shape index (κ2) is 4.48. The summed E-state index contributed by atoms with van der Waals surface area (Å²) in [6.07, 6.45) is 0. The van der Waals surface area contributed by atoms with Crippen LogP contribution in [0.4, 0.5) is 15.8 Å². The topological polar surface area (TPSA) is 75.0 Å². The molecule has 1 amide bonds. The van der Waals surface area contributed by atoms with Crippen LogP contribution in [0.5, 0.6) is 0 Å². The van der Waals surface area contributed by atoms with Crippen LogP contribution < -0.4 is 10.6 Å². The Morgan fingerprint density at radius 2 is 2.00 bits per heavy atom. The molecule has 1 heterocycles. The molecule has 18 heavy (non-hydrogen) atoms. The summed E-state index contributed by atoms with van der Waals surface area (Å²) in [4.78, 5) is 13.5. The van der Waals surface area contributed by atoms with Crippen LogP contribution in [0.2, 0.25) is 0 Å². The highest BCUT2D eigenvalue weighted by Crippen LogP contribution is 2.19. The fourth-order valence-corrected chi connectivity index (χ4v) is 1.54. The summed E-state index contributed by atoms with van der Waals surface area (Å²) >= 11 is 0. The number of aromatic amines is 1. The zero-order chi connectivity index (χ0) is 13.3. The van der Waals surface area contributed by atoms with Crippen molar-refractivity contribution in [3.8, 4) is 0 Å². The number of nitrogens with two attached hydrogens (primary N) is 1. The lowest BCUT2D eigenvalue weighted by molar-refractivity contribution is 0.0989. The number of rotatable bonds is 2. The van der Waals surface area contributed by atoms with Crippen LogP contribution in [-0.4, -0.2) is 23.2 Å². The molecule has 0 aliphatic rings. The first kappa shape index (κ1) is 12.1. The number of carbonyl (C=O) groups is 1. The van der Waals surface area contributed by atoms with Gasteiger partial charge in [0.05, 0.1) is 11.4 Å². The van der Waals surface area contributed by atoms with E-state index in [0.717, 1.165) is 0 Å². The summed E-state index contributed by atoms with van der Waals surface area (Å²) in [6, 6.07) is 5.61. The maximum atomic E-state index is 12.8. The summed E-state index contributed by atoms with van der Waals surface area (Å²) in [6.45, 7) is 1.73. The molecular weight excluding hydrogens is 235 g/mol. The number of nitrogen functional groups attached to an aromatic ring is 1. The Hall–Kier alpha value is -2.37. The number of hydrogen-bond acceptors (Lipinski definition) is 3. The quantitative estimate of drug-likeness (QED) is 0.849. The molecule has 0 aliphatic carbocycles. The molecule has 1 aromatic carbocycles. The minimum absolute atomic E-state index is 0.166. The van der Waals surface area contributed by atoms with Gasteiger partial charge in [0.2, 0.25) is 0 Å². The van der Waals surface area contributed by atoms with Crippen LogP contribution in [-0.2, 0) is 0 Å². The molecule has 1 aromatic heterocycles. The van der Waals surface area contributed by atoms with Crippen molar-refractivity contribution in [3.05, 3.63) is 41.5 Å². The molecule has 6 heteroatoms. The number of benzene rings is 1. The summed E-state index contributed by atoms with van der Waals surface area (Å²) in [7, 11) is 1.58. The normalized spacial score (nSPS) is 10.4. The average Bonchev–Trinajstić information content (AvgIpc) is 2.69. The van der Waals surface area contributed by atoms with Crippen molar-refractivity contribution in [2.75, 3.05) is 17.7 Å². The number of aryl methyl sites for hydroxylation is 1. The second-order valence-corrected chi connectivity index (χ2v) is 3.95. The highest BCUT2D eigenvalue weighted by atomic mass is 19.1. The van der Waals surface area contributed by atoms with E-state index in [9.17, 15) is 9.18 Å². The van der Waals surface area contributed by atoms with Gasteiger partial charge in [0.15, 0.2) is 5.69 Å². The van der Waals surface area contributed by atoms with Crippen LogP contribution in [0.3, 0.4) is 0 Å². The fraction of sp³-hybridized carbons (Fsp3) is 0.167. The molecule has 94 valence electrons. The molecule has 2 aromatic rings. The zero-order valence-corrected chi connectivity index (χ0v) is 10.1. The first-order chi connectivity index (χ1) is 8.50. The maximum absolute atomic E-state index is 12.8. The predicted molar refractivity (Wildman–Crippen MR) is 66.9 cm³/mol. The molecule has 2 rings (SSSR count). The van der Waals surface area contributed by atoms with Crippen LogP contribution in [0.1, 0.15) is 16.2 Å². The van der Waals surface area contributed by atoms with Gasteiger partial charge in [0.25, 0.3) is 5.91 Å². The number of carbonyl (C=O) groups excluding carboxylic acids is 1. The standard InChI is InChI=1S/C12H13FN4O/c1-7-10(14)11(16-15-7)12(18)17(2)9-5-3-8(13)4-6-9/h3-6H,14H2,1-2H3,(H,15,16). The van der Waals surface area contributed by atoms with Crippen molar-refractivity contribution in [2.24, 2.45) is 0 Å². The first-order valence-corrected chi connectivity index (χ1v) is 5.34. The van der Waals surface area contributed by atoms with E-state index in [1.165, 1.54) is 29.2 Å². The molecule has 0 aliphatic heterocycles. The smallest absolute Gasteiger partial charge is 0.280 e. The fourth-order valence-electron chi connectivity index (χ4n) is 1.54. The van der Waals surface area contributed by atoms with E-state index < -0.39 is 0 Å². The predicted octanol–water partition coefficient (Wildman–Crippen LogP) is 1.72. The van der Waals surface area contributed by atoms with E-state index in [-0.39, 0.29) is 17.4 Å². The third kappa shape index (κ3) is 2.04. The molecule has 0 spiro atoms. The van der Waals surface area contributed by atoms with Crippen molar-refractivity contribution in [1.29, 1.82) is 0 Å². The highest BCUT2D eigenvalue weighted by Gasteiger charge is 2.20. The Bertz CT molecular complexity index is 576. The third-order valence-corrected chi connectivity index (χ3v) is 2.72. The van der Waals surface area contributed by atoms with Crippen LogP contribution in [0.15, 0.2) is 24.3 Å². The van der Waals surface area contributed by atoms with Crippen molar-refractivity contribution in [1.82, 2.24) is 10.2 Å². The van der Waals surface area contributed by atoms with Crippen molar-refractivity contribution < 1.29 is 9.18 Å². The molecule has 0 fully saturated rings. The summed E-state index contributed by atoms with van der Waals surface area (Å²) in [5.74, 6) is -0.696. The van der Waals surface area contributed by atoms with E-state index in [0.29, 0.717) is 17.1 Å². The van der Waals surface area contributed by atoms with E-state index in [1.807, 2.05) is 0 Å². The van der Waals surface area contributed by atoms with Gasteiger partial charge in [-0.15, -0.1) is 0 Å². The Kier molecular flexibility index (Phi) is 3.01. The van der Waals surface area contributed by atoms with Crippen molar-refractivity contribution >= 4 is 17.3 Å². The Labute approximate surface area is 103 Å². The minimum atomic E-state index is -0.352. The monoisotopic (exact) mass is 248 g/mol. The molecule has 0 saturated heterocycles. The van der Waals surface area contributed by atoms with Crippen LogP contribution in [0.25, 0.3) is 0 Å². The molecule has 0 bridgehead atoms. The molecular formula is C12H13FN4O. The first-order valence-electron chi connectivity index (χ1n) is 5.34. The Morgan fingerprint density at radius 1 is 1.39 bits per heavy atom. The number of nitrogens with zero attached hydrogens (tertiary/aromatic N) is 2. The van der Waals surface area contributed by atoms with Crippen molar-refractivity contribution in [3.63, 3.8) is 0 Å². The number of halogens is 1. The lowest BCUT2D eigenvalue weighted by atomic mass is 10.2. The lowest BCUT2D eigenvalue weighted by Gasteiger charge is -2.16. The Balaban J connectivity index is 2.29. The molecule has 0 atom stereocenters. The molecule has 0 radical (unpaired) electrons. The van der Waals surface area contributed by atoms with E-state index in [2.05, 4.69) is 10.2 Å². The average molecular weight is 248 g/mol. The molecule has 3 N–H and O–H groups in total. The number of hydrogen-bond donors (Lipinski definition) is 2. The number of aromatic nitrogens is 2. The van der Waals surface area contributed by atoms with Gasteiger partial charge in [-0.1, -0.05) is 0 Å². The van der Waals surface area contributed by atoms with Gasteiger partial charge in [-0.05, 0) is 31.2 Å². The van der Waals surface area contributed by atoms with Gasteiger partial charge in [0, 0.05) is 12.7 Å². The maximum Gasteiger partial charge on any atom is 0.280 e. The van der Waals surface area contributed by atoms with Gasteiger partial charge in [-0.25, -0.2) is 4.39 Å². The molecule has 0 unspecified atom stereocenters. The SMILES string of the molecule is Cc1[nH]nc(C(=O)N(C)c2ccc(F)cc2)c1N. The molecule has 0 saturated carbocycles. The van der Waals surface area contributed by atoms with Crippen LogP contribution in [0, 0.1) is 12.7 Å². The van der Waals surface area contributed by atoms with Gasteiger partial charge in [-0.2, -0.15) is 5.10 Å². The number of amides is 1. The molecule has 5 nitrogen and oxygen atoms in total. The lowest BCUT2D eigenvalue weighted by Crippen LogP contribution is -2.27. The third-order valence-electron chi connectivity index (χ3n) is 2.72.